The van der Waals surface area contributed by atoms with Gasteiger partial charge in [0, 0.05) is 6.20 Å². The van der Waals surface area contributed by atoms with Gasteiger partial charge in [0.2, 0.25) is 0 Å². The summed E-state index contributed by atoms with van der Waals surface area (Å²) in [6.07, 6.45) is 0.0428. The lowest BCUT2D eigenvalue weighted by Gasteiger charge is -2.27. The minimum absolute atomic E-state index is 0.325. The van der Waals surface area contributed by atoms with Crippen molar-refractivity contribution in [3.05, 3.63) is 18.6 Å². The Kier molecular flexibility index (Phi) is 2.91. The zero-order valence-electron chi connectivity index (χ0n) is 10.8. The number of anilines is 1. The third-order valence-electron chi connectivity index (χ3n) is 3.73. The van der Waals surface area contributed by atoms with Gasteiger partial charge in [-0.05, 0) is 13.0 Å². The Hall–Kier alpha value is -1.74. The monoisotopic (exact) mass is 280 g/mol. The van der Waals surface area contributed by atoms with Crippen molar-refractivity contribution in [1.82, 2.24) is 14.5 Å². The number of fused-ring (bicyclic) bond motifs is 1. The van der Waals surface area contributed by atoms with Gasteiger partial charge >= 0.3 is 0 Å². The number of aromatic nitrogens is 3. The van der Waals surface area contributed by atoms with E-state index in [4.69, 9.17) is 10.5 Å². The van der Waals surface area contributed by atoms with Crippen molar-refractivity contribution < 1.29 is 20.1 Å². The van der Waals surface area contributed by atoms with E-state index in [1.807, 2.05) is 0 Å². The van der Waals surface area contributed by atoms with Crippen LogP contribution in [-0.2, 0) is 4.74 Å². The van der Waals surface area contributed by atoms with Crippen molar-refractivity contribution in [2.75, 3.05) is 12.3 Å². The summed E-state index contributed by atoms with van der Waals surface area (Å²) in [5, 5.41) is 30.3. The summed E-state index contributed by atoms with van der Waals surface area (Å²) in [7, 11) is 0. The number of hydrogen-bond acceptors (Lipinski definition) is 7. The predicted molar refractivity (Wildman–Crippen MR) is 69.6 cm³/mol. The van der Waals surface area contributed by atoms with Crippen molar-refractivity contribution in [2.24, 2.45) is 0 Å². The van der Waals surface area contributed by atoms with Gasteiger partial charge in [0.1, 0.15) is 35.6 Å². The van der Waals surface area contributed by atoms with Crippen molar-refractivity contribution >= 4 is 16.9 Å². The predicted octanol–water partition coefficient (Wildman–Crippen LogP) is -0.985. The lowest BCUT2D eigenvalue weighted by Crippen LogP contribution is -2.44. The molecule has 0 radical (unpaired) electrons. The quantitative estimate of drug-likeness (QED) is 0.556. The van der Waals surface area contributed by atoms with Gasteiger partial charge in [-0.15, -0.1) is 0 Å². The molecule has 0 saturated carbocycles. The van der Waals surface area contributed by atoms with Crippen LogP contribution in [-0.4, -0.2) is 54.3 Å². The van der Waals surface area contributed by atoms with Crippen LogP contribution in [0.25, 0.3) is 11.0 Å². The molecule has 3 rings (SSSR count). The number of nitrogen functional groups attached to an aromatic ring is 1. The van der Waals surface area contributed by atoms with Gasteiger partial charge in [0.15, 0.2) is 6.23 Å². The van der Waals surface area contributed by atoms with Gasteiger partial charge in [-0.1, -0.05) is 0 Å². The van der Waals surface area contributed by atoms with E-state index < -0.39 is 24.0 Å². The number of ether oxygens (including phenoxy) is 1. The molecular weight excluding hydrogens is 264 g/mol. The first-order valence-corrected chi connectivity index (χ1v) is 6.20. The summed E-state index contributed by atoms with van der Waals surface area (Å²) >= 11 is 0. The van der Waals surface area contributed by atoms with Crippen LogP contribution in [0.1, 0.15) is 13.2 Å². The molecule has 0 bridgehead atoms. The fourth-order valence-electron chi connectivity index (χ4n) is 2.57. The second-order valence-electron chi connectivity index (χ2n) is 5.10. The van der Waals surface area contributed by atoms with Crippen LogP contribution in [0.3, 0.4) is 0 Å². The van der Waals surface area contributed by atoms with Gasteiger partial charge in [0.05, 0.1) is 12.0 Å². The minimum atomic E-state index is -1.56. The van der Waals surface area contributed by atoms with E-state index in [0.717, 1.165) is 0 Å². The molecule has 2 aromatic heterocycles. The Bertz CT molecular complexity index is 641. The van der Waals surface area contributed by atoms with Gasteiger partial charge in [0.25, 0.3) is 0 Å². The fourth-order valence-corrected chi connectivity index (χ4v) is 2.57. The standard InChI is InChI=1S/C12H16N4O4/c1-12(19)8(18)7(4-17)20-11(12)16-3-2-6-9(13)14-5-15-10(6)16/h2-3,5,7-8,11,17-19H,4H2,1H3,(H2,13,14,15)/t7?,8-,11?,12-/m1/s1. The number of aliphatic hydroxyl groups is 3. The van der Waals surface area contributed by atoms with Crippen LogP contribution in [0.15, 0.2) is 18.6 Å². The van der Waals surface area contributed by atoms with E-state index in [0.29, 0.717) is 16.9 Å². The molecule has 8 heteroatoms. The average Bonchev–Trinajstić information content (AvgIpc) is 2.92. The molecule has 2 unspecified atom stereocenters. The first kappa shape index (κ1) is 13.3. The van der Waals surface area contributed by atoms with Gasteiger partial charge in [-0.25, -0.2) is 9.97 Å². The van der Waals surface area contributed by atoms with E-state index in [2.05, 4.69) is 9.97 Å². The summed E-state index contributed by atoms with van der Waals surface area (Å²) in [6.45, 7) is 1.07. The maximum Gasteiger partial charge on any atom is 0.167 e. The van der Waals surface area contributed by atoms with E-state index in [-0.39, 0.29) is 6.61 Å². The summed E-state index contributed by atoms with van der Waals surface area (Å²) < 4.78 is 7.12. The van der Waals surface area contributed by atoms with Crippen LogP contribution < -0.4 is 5.73 Å². The van der Waals surface area contributed by atoms with E-state index in [1.54, 1.807) is 16.8 Å². The zero-order chi connectivity index (χ0) is 14.5. The van der Waals surface area contributed by atoms with Gasteiger partial charge in [-0.3, -0.25) is 0 Å². The van der Waals surface area contributed by atoms with Crippen LogP contribution in [0, 0.1) is 0 Å². The first-order chi connectivity index (χ1) is 9.46. The second kappa shape index (κ2) is 4.38. The molecule has 1 aliphatic heterocycles. The molecule has 1 aliphatic rings. The minimum Gasteiger partial charge on any atom is -0.394 e. The molecule has 108 valence electrons. The Labute approximate surface area is 114 Å². The molecule has 1 fully saturated rings. The van der Waals surface area contributed by atoms with Crippen LogP contribution in [0.5, 0.6) is 0 Å². The highest BCUT2D eigenvalue weighted by molar-refractivity contribution is 5.86. The Morgan fingerprint density at radius 1 is 1.50 bits per heavy atom. The van der Waals surface area contributed by atoms with E-state index in [9.17, 15) is 15.3 Å². The molecule has 20 heavy (non-hydrogen) atoms. The second-order valence-corrected chi connectivity index (χ2v) is 5.10. The lowest BCUT2D eigenvalue weighted by atomic mass is 9.96. The molecule has 5 N–H and O–H groups in total. The Balaban J connectivity index is 2.10. The maximum absolute atomic E-state index is 10.4. The Morgan fingerprint density at radius 2 is 2.25 bits per heavy atom. The summed E-state index contributed by atoms with van der Waals surface area (Å²) in [5.41, 5.74) is 4.70. The summed E-state index contributed by atoms with van der Waals surface area (Å²) in [6, 6.07) is 1.71. The molecule has 4 atom stereocenters. The number of hydrogen-bond donors (Lipinski definition) is 4. The van der Waals surface area contributed by atoms with Gasteiger partial charge < -0.3 is 30.4 Å². The molecule has 2 aromatic rings. The Morgan fingerprint density at radius 3 is 2.90 bits per heavy atom. The largest absolute Gasteiger partial charge is 0.394 e. The maximum atomic E-state index is 10.4. The summed E-state index contributed by atoms with van der Waals surface area (Å²) in [5.74, 6) is 0.325. The van der Waals surface area contributed by atoms with Crippen molar-refractivity contribution in [3.8, 4) is 0 Å². The molecule has 3 heterocycles. The lowest BCUT2D eigenvalue weighted by molar-refractivity contribution is -0.0948. The topological polar surface area (TPSA) is 127 Å². The normalized spacial score (nSPS) is 33.9. The third-order valence-corrected chi connectivity index (χ3v) is 3.73. The highest BCUT2D eigenvalue weighted by Gasteiger charge is 2.53. The molecule has 0 spiro atoms. The number of nitrogens with zero attached hydrogens (tertiary/aromatic N) is 3. The van der Waals surface area contributed by atoms with Crippen LogP contribution in [0.4, 0.5) is 5.82 Å². The fraction of sp³-hybridized carbons (Fsp3) is 0.500. The number of rotatable bonds is 2. The zero-order valence-corrected chi connectivity index (χ0v) is 10.8. The number of nitrogens with two attached hydrogens (primary N) is 1. The highest BCUT2D eigenvalue weighted by Crippen LogP contribution is 2.39. The molecular formula is C12H16N4O4. The highest BCUT2D eigenvalue weighted by atomic mass is 16.6. The third kappa shape index (κ3) is 1.70. The van der Waals surface area contributed by atoms with E-state index in [1.165, 1.54) is 13.3 Å². The smallest absolute Gasteiger partial charge is 0.167 e. The first-order valence-electron chi connectivity index (χ1n) is 6.20. The number of aliphatic hydroxyl groups excluding tert-OH is 2. The van der Waals surface area contributed by atoms with Crippen LogP contribution >= 0.6 is 0 Å². The molecule has 0 amide bonds. The average molecular weight is 280 g/mol. The molecule has 8 nitrogen and oxygen atoms in total. The molecule has 0 aliphatic carbocycles. The van der Waals surface area contributed by atoms with Crippen molar-refractivity contribution in [2.45, 2.75) is 31.0 Å². The summed E-state index contributed by atoms with van der Waals surface area (Å²) in [4.78, 5) is 8.01. The van der Waals surface area contributed by atoms with Crippen molar-refractivity contribution in [1.29, 1.82) is 0 Å². The molecule has 0 aromatic carbocycles. The molecule has 1 saturated heterocycles. The van der Waals surface area contributed by atoms with Crippen molar-refractivity contribution in [3.63, 3.8) is 0 Å². The van der Waals surface area contributed by atoms with Gasteiger partial charge in [-0.2, -0.15) is 0 Å². The SMILES string of the molecule is C[C@]1(O)C(n2ccc3c(N)ncnc32)OC(CO)[C@H]1O. The van der Waals surface area contributed by atoms with Crippen LogP contribution in [0.2, 0.25) is 0 Å². The van der Waals surface area contributed by atoms with E-state index >= 15 is 0 Å².